The number of benzene rings is 1. The van der Waals surface area contributed by atoms with Crippen LogP contribution in [0.1, 0.15) is 43.0 Å². The molecule has 1 aromatic rings. The molecule has 24 heavy (non-hydrogen) atoms. The summed E-state index contributed by atoms with van der Waals surface area (Å²) in [7, 11) is -6.91. The van der Waals surface area contributed by atoms with Crippen LogP contribution in [0.15, 0.2) is 29.2 Å². The van der Waals surface area contributed by atoms with Crippen molar-refractivity contribution in [2.75, 3.05) is 6.26 Å². The fraction of sp³-hybridized carbons (Fsp3) is 0.562. The summed E-state index contributed by atoms with van der Waals surface area (Å²) >= 11 is 0. The highest BCUT2D eigenvalue weighted by atomic mass is 32.2. The number of sulfone groups is 1. The first-order valence-corrected chi connectivity index (χ1v) is 11.3. The topological polar surface area (TPSA) is 88.6 Å². The summed E-state index contributed by atoms with van der Waals surface area (Å²) in [6, 6.07) is 5.48. The highest BCUT2D eigenvalue weighted by Crippen LogP contribution is 2.41. The number of piperidine rings is 1. The van der Waals surface area contributed by atoms with Gasteiger partial charge in [-0.15, -0.1) is 0 Å². The molecule has 2 aliphatic heterocycles. The van der Waals surface area contributed by atoms with Crippen molar-refractivity contribution in [3.05, 3.63) is 29.8 Å². The van der Waals surface area contributed by atoms with Gasteiger partial charge in [0.15, 0.2) is 5.78 Å². The van der Waals surface area contributed by atoms with Crippen LogP contribution in [0.3, 0.4) is 0 Å². The predicted molar refractivity (Wildman–Crippen MR) is 90.1 cm³/mol. The van der Waals surface area contributed by atoms with Gasteiger partial charge in [0.05, 0.1) is 10.1 Å². The average Bonchev–Trinajstić information content (AvgIpc) is 2.78. The van der Waals surface area contributed by atoms with Gasteiger partial charge in [0.1, 0.15) is 9.84 Å². The number of fused-ring (bicyclic) bond motifs is 2. The summed E-state index contributed by atoms with van der Waals surface area (Å²) in [5, 5.41) is -0.468. The largest absolute Gasteiger partial charge is 0.295 e. The highest BCUT2D eigenvalue weighted by molar-refractivity contribution is 7.91. The van der Waals surface area contributed by atoms with Gasteiger partial charge >= 0.3 is 0 Å². The second-order valence-corrected chi connectivity index (χ2v) is 10.9. The summed E-state index contributed by atoms with van der Waals surface area (Å²) < 4.78 is 51.3. The molecule has 0 saturated carbocycles. The molecule has 0 radical (unpaired) electrons. The Balaban J connectivity index is 1.95. The molecule has 2 heterocycles. The Labute approximate surface area is 142 Å². The van der Waals surface area contributed by atoms with Gasteiger partial charge in [0.25, 0.3) is 0 Å². The van der Waals surface area contributed by atoms with Crippen LogP contribution in [0.25, 0.3) is 0 Å². The van der Waals surface area contributed by atoms with Crippen molar-refractivity contribution >= 4 is 25.6 Å². The van der Waals surface area contributed by atoms with Gasteiger partial charge in [-0.3, -0.25) is 4.79 Å². The first kappa shape index (κ1) is 17.6. The predicted octanol–water partition coefficient (Wildman–Crippen LogP) is 1.62. The number of rotatable bonds is 4. The fourth-order valence-corrected chi connectivity index (χ4v) is 6.90. The molecule has 2 atom stereocenters. The van der Waals surface area contributed by atoms with Crippen LogP contribution in [0.4, 0.5) is 0 Å². The summed E-state index contributed by atoms with van der Waals surface area (Å²) in [4.78, 5) is 11.6. The Morgan fingerprint density at radius 2 is 1.67 bits per heavy atom. The van der Waals surface area contributed by atoms with Crippen molar-refractivity contribution < 1.29 is 21.6 Å². The Hall–Kier alpha value is -1.25. The third-order valence-electron chi connectivity index (χ3n) is 5.04. The molecule has 2 aliphatic rings. The summed E-state index contributed by atoms with van der Waals surface area (Å²) in [6.07, 6.45) is 3.28. The highest BCUT2D eigenvalue weighted by Gasteiger charge is 2.49. The number of sulfonamides is 1. The van der Waals surface area contributed by atoms with Crippen LogP contribution in [-0.2, 0) is 19.9 Å². The SMILES string of the molecule is CC(=O)c1cccc(S(=O)(=O)N2C3CCC2CC(S(C)(=O)=O)C3)c1. The van der Waals surface area contributed by atoms with Crippen molar-refractivity contribution in [1.29, 1.82) is 0 Å². The van der Waals surface area contributed by atoms with Crippen molar-refractivity contribution in [1.82, 2.24) is 4.31 Å². The van der Waals surface area contributed by atoms with E-state index < -0.39 is 25.1 Å². The van der Waals surface area contributed by atoms with Crippen LogP contribution < -0.4 is 0 Å². The molecule has 2 bridgehead atoms. The minimum absolute atomic E-state index is 0.102. The lowest BCUT2D eigenvalue weighted by molar-refractivity contribution is 0.101. The second-order valence-electron chi connectivity index (χ2n) is 6.73. The maximum Gasteiger partial charge on any atom is 0.243 e. The number of Topliss-reactive ketones (excluding diaryl/α,β-unsaturated/α-hetero) is 1. The molecular formula is C16H21NO5S2. The molecule has 0 aliphatic carbocycles. The smallest absolute Gasteiger partial charge is 0.243 e. The van der Waals surface area contributed by atoms with E-state index in [0.717, 1.165) is 0 Å². The van der Waals surface area contributed by atoms with E-state index in [1.54, 1.807) is 12.1 Å². The van der Waals surface area contributed by atoms with Gasteiger partial charge in [-0.25, -0.2) is 16.8 Å². The monoisotopic (exact) mass is 371 g/mol. The molecule has 2 fully saturated rings. The first-order valence-electron chi connectivity index (χ1n) is 7.94. The maximum atomic E-state index is 13.0. The molecule has 6 nitrogen and oxygen atoms in total. The summed E-state index contributed by atoms with van der Waals surface area (Å²) in [5.74, 6) is -0.189. The number of nitrogens with zero attached hydrogens (tertiary/aromatic N) is 1. The zero-order chi connectivity index (χ0) is 17.7. The molecule has 2 unspecified atom stereocenters. The van der Waals surface area contributed by atoms with E-state index in [4.69, 9.17) is 0 Å². The maximum absolute atomic E-state index is 13.0. The third-order valence-corrected chi connectivity index (χ3v) is 8.64. The second kappa shape index (κ2) is 5.93. The Morgan fingerprint density at radius 3 is 2.17 bits per heavy atom. The van der Waals surface area contributed by atoms with Crippen LogP contribution in [0, 0.1) is 0 Å². The van der Waals surface area contributed by atoms with E-state index in [-0.39, 0.29) is 22.8 Å². The standard InChI is InChI=1S/C16H21NO5S2/c1-11(18)12-4-3-5-15(8-12)24(21,22)17-13-6-7-14(17)10-16(9-13)23(2,19)20/h3-5,8,13-14,16H,6-7,9-10H2,1-2H3. The average molecular weight is 371 g/mol. The van der Waals surface area contributed by atoms with Crippen molar-refractivity contribution in [3.8, 4) is 0 Å². The van der Waals surface area contributed by atoms with Crippen LogP contribution in [0.2, 0.25) is 0 Å². The van der Waals surface area contributed by atoms with Gasteiger partial charge in [0.2, 0.25) is 10.0 Å². The van der Waals surface area contributed by atoms with Gasteiger partial charge < -0.3 is 0 Å². The Morgan fingerprint density at radius 1 is 1.08 bits per heavy atom. The van der Waals surface area contributed by atoms with Crippen molar-refractivity contribution in [2.45, 2.75) is 54.8 Å². The first-order chi connectivity index (χ1) is 11.1. The fourth-order valence-electron chi connectivity index (χ4n) is 3.82. The van der Waals surface area contributed by atoms with Crippen molar-refractivity contribution in [3.63, 3.8) is 0 Å². The molecule has 0 amide bonds. The quantitative estimate of drug-likeness (QED) is 0.751. The zero-order valence-corrected chi connectivity index (χ0v) is 15.3. The van der Waals surface area contributed by atoms with Gasteiger partial charge in [0, 0.05) is 23.9 Å². The van der Waals surface area contributed by atoms with Gasteiger partial charge in [-0.05, 0) is 44.7 Å². The van der Waals surface area contributed by atoms with E-state index in [1.165, 1.54) is 29.6 Å². The minimum Gasteiger partial charge on any atom is -0.295 e. The molecule has 0 spiro atoms. The van der Waals surface area contributed by atoms with E-state index in [9.17, 15) is 21.6 Å². The van der Waals surface area contributed by atoms with Crippen molar-refractivity contribution in [2.24, 2.45) is 0 Å². The van der Waals surface area contributed by atoms with E-state index in [1.807, 2.05) is 0 Å². The molecule has 0 N–H and O–H groups in total. The number of hydrogen-bond acceptors (Lipinski definition) is 5. The molecule has 1 aromatic carbocycles. The lowest BCUT2D eigenvalue weighted by Gasteiger charge is -2.37. The van der Waals surface area contributed by atoms with E-state index >= 15 is 0 Å². The summed E-state index contributed by atoms with van der Waals surface area (Å²) in [5.41, 5.74) is 0.356. The normalized spacial score (nSPS) is 28.0. The van der Waals surface area contributed by atoms with Crippen LogP contribution >= 0.6 is 0 Å². The van der Waals surface area contributed by atoms with Crippen LogP contribution in [0.5, 0.6) is 0 Å². The number of hydrogen-bond donors (Lipinski definition) is 0. The molecule has 2 saturated heterocycles. The Bertz CT molecular complexity index is 861. The molecule has 0 aromatic heterocycles. The summed E-state index contributed by atoms with van der Waals surface area (Å²) in [6.45, 7) is 1.40. The van der Waals surface area contributed by atoms with Crippen LogP contribution in [-0.4, -0.2) is 50.5 Å². The lowest BCUT2D eigenvalue weighted by Crippen LogP contribution is -2.49. The number of carbonyl (C=O) groups is 1. The zero-order valence-electron chi connectivity index (χ0n) is 13.7. The number of ketones is 1. The Kier molecular flexibility index (Phi) is 4.34. The van der Waals surface area contributed by atoms with E-state index in [0.29, 0.717) is 31.2 Å². The molecule has 8 heteroatoms. The third kappa shape index (κ3) is 3.02. The van der Waals surface area contributed by atoms with Gasteiger partial charge in [-0.2, -0.15) is 4.31 Å². The minimum atomic E-state index is -3.74. The molecule has 132 valence electrons. The molecule has 3 rings (SSSR count). The van der Waals surface area contributed by atoms with Gasteiger partial charge in [-0.1, -0.05) is 12.1 Å². The number of carbonyl (C=O) groups excluding carboxylic acids is 1. The molecular weight excluding hydrogens is 350 g/mol. The lowest BCUT2D eigenvalue weighted by atomic mass is 10.1. The van der Waals surface area contributed by atoms with E-state index in [2.05, 4.69) is 0 Å².